The molecule has 2 amide bonds. The maximum Gasteiger partial charge on any atom is 0.251 e. The Labute approximate surface area is 252 Å². The van der Waals surface area contributed by atoms with Gasteiger partial charge in [-0.05, 0) is 114 Å². The molecule has 1 aliphatic carbocycles. The molecule has 0 radical (unpaired) electrons. The first-order chi connectivity index (χ1) is 19.8. The zero-order valence-corrected chi connectivity index (χ0v) is 27.1. The fraction of sp³-hybridized carbons (Fsp3) is 0.576. The van der Waals surface area contributed by atoms with Crippen LogP contribution in [-0.4, -0.2) is 76.7 Å². The molecule has 2 fully saturated rings. The van der Waals surface area contributed by atoms with Crippen molar-refractivity contribution in [2.24, 2.45) is 11.8 Å². The molecule has 3 atom stereocenters. The molecular weight excluding hydrogens is 548 g/mol. The van der Waals surface area contributed by atoms with E-state index in [9.17, 15) is 18.0 Å². The lowest BCUT2D eigenvalue weighted by molar-refractivity contribution is -0.129. The fourth-order valence-corrected chi connectivity index (χ4v) is 7.42. The highest BCUT2D eigenvalue weighted by Crippen LogP contribution is 2.36. The number of hydrogen-bond donors (Lipinski definition) is 2. The van der Waals surface area contributed by atoms with Crippen molar-refractivity contribution in [2.75, 3.05) is 38.3 Å². The summed E-state index contributed by atoms with van der Waals surface area (Å²) < 4.78 is 24.1. The largest absolute Gasteiger partial charge is 0.369 e. The Morgan fingerprint density at radius 3 is 2.17 bits per heavy atom. The molecule has 0 spiro atoms. The number of carbonyl (C=O) groups excluding carboxylic acids is 2. The molecule has 0 bridgehead atoms. The standard InChI is InChI=1S/C33H48N4O4S/c1-8-37(27-13-11-26(12-14-27)36(5)6)31-19-25(24-9-15-28(16-10-24)42(7,40)41)18-29(23(31)4)32(38)34-20-30-21(2)17-22(3)35-33(30)39/h9-10,15-16,18-19,21-22,26-27,30H,8,11-14,17,20H2,1-7H3,(H,34,38)(H,35,39). The molecule has 42 heavy (non-hydrogen) atoms. The third-order valence-corrected chi connectivity index (χ3v) is 10.5. The van der Waals surface area contributed by atoms with Crippen LogP contribution in [-0.2, 0) is 14.6 Å². The summed E-state index contributed by atoms with van der Waals surface area (Å²) >= 11 is 0. The van der Waals surface area contributed by atoms with Crippen molar-refractivity contribution in [1.29, 1.82) is 0 Å². The topological polar surface area (TPSA) is 98.8 Å². The second-order valence-electron chi connectivity index (χ2n) is 12.6. The Morgan fingerprint density at radius 1 is 1.00 bits per heavy atom. The van der Waals surface area contributed by atoms with Gasteiger partial charge in [0.2, 0.25) is 5.91 Å². The second-order valence-corrected chi connectivity index (χ2v) is 14.6. The molecule has 2 aliphatic rings. The van der Waals surface area contributed by atoms with Gasteiger partial charge in [-0.1, -0.05) is 19.1 Å². The molecule has 1 saturated heterocycles. The van der Waals surface area contributed by atoms with Gasteiger partial charge in [0, 0.05) is 48.7 Å². The van der Waals surface area contributed by atoms with E-state index in [2.05, 4.69) is 54.4 Å². The zero-order chi connectivity index (χ0) is 30.8. The molecule has 4 rings (SSSR count). The third kappa shape index (κ3) is 7.17. The smallest absolute Gasteiger partial charge is 0.251 e. The van der Waals surface area contributed by atoms with Gasteiger partial charge in [0.1, 0.15) is 0 Å². The van der Waals surface area contributed by atoms with E-state index in [1.165, 1.54) is 6.26 Å². The molecule has 1 heterocycles. The highest BCUT2D eigenvalue weighted by Gasteiger charge is 2.33. The Morgan fingerprint density at radius 2 is 1.62 bits per heavy atom. The number of carbonyl (C=O) groups is 2. The summed E-state index contributed by atoms with van der Waals surface area (Å²) in [4.78, 5) is 31.5. The summed E-state index contributed by atoms with van der Waals surface area (Å²) in [6, 6.07) is 12.0. The third-order valence-electron chi connectivity index (χ3n) is 9.35. The number of hydrogen-bond acceptors (Lipinski definition) is 6. The summed E-state index contributed by atoms with van der Waals surface area (Å²) in [5, 5.41) is 6.09. The minimum absolute atomic E-state index is 0.0100. The first kappa shape index (κ1) is 32.0. The van der Waals surface area contributed by atoms with Gasteiger partial charge in [-0.2, -0.15) is 0 Å². The molecule has 8 nitrogen and oxygen atoms in total. The van der Waals surface area contributed by atoms with Crippen LogP contribution in [0.3, 0.4) is 0 Å². The van der Waals surface area contributed by atoms with Crippen LogP contribution in [0.25, 0.3) is 11.1 Å². The molecule has 2 N–H and O–H groups in total. The first-order valence-electron chi connectivity index (χ1n) is 15.3. The van der Waals surface area contributed by atoms with E-state index in [1.807, 2.05) is 19.9 Å². The fourth-order valence-electron chi connectivity index (χ4n) is 6.79. The molecular formula is C33H48N4O4S. The van der Waals surface area contributed by atoms with Crippen molar-refractivity contribution < 1.29 is 18.0 Å². The quantitative estimate of drug-likeness (QED) is 0.437. The van der Waals surface area contributed by atoms with Crippen molar-refractivity contribution in [2.45, 2.75) is 82.8 Å². The van der Waals surface area contributed by atoms with Crippen LogP contribution in [0, 0.1) is 18.8 Å². The van der Waals surface area contributed by atoms with Gasteiger partial charge in [0.05, 0.1) is 10.8 Å². The summed E-state index contributed by atoms with van der Waals surface area (Å²) in [5.41, 5.74) is 4.22. The van der Waals surface area contributed by atoms with Crippen molar-refractivity contribution >= 4 is 27.3 Å². The second kappa shape index (κ2) is 13.2. The first-order valence-corrected chi connectivity index (χ1v) is 17.2. The lowest BCUT2D eigenvalue weighted by Crippen LogP contribution is -2.50. The molecule has 1 saturated carbocycles. The predicted molar refractivity (Wildman–Crippen MR) is 170 cm³/mol. The molecule has 0 aromatic heterocycles. The van der Waals surface area contributed by atoms with E-state index in [1.54, 1.807) is 24.3 Å². The van der Waals surface area contributed by atoms with Crippen LogP contribution in [0.5, 0.6) is 0 Å². The summed E-state index contributed by atoms with van der Waals surface area (Å²) in [6.07, 6.45) is 6.51. The Hall–Kier alpha value is -2.91. The van der Waals surface area contributed by atoms with Gasteiger partial charge in [-0.15, -0.1) is 0 Å². The van der Waals surface area contributed by atoms with Gasteiger partial charge in [0.25, 0.3) is 5.91 Å². The van der Waals surface area contributed by atoms with E-state index in [-0.39, 0.29) is 41.1 Å². The van der Waals surface area contributed by atoms with Gasteiger partial charge in [-0.3, -0.25) is 9.59 Å². The number of piperidine rings is 1. The van der Waals surface area contributed by atoms with Crippen LogP contribution in [0.15, 0.2) is 41.3 Å². The van der Waals surface area contributed by atoms with Crippen LogP contribution in [0.1, 0.15) is 68.8 Å². The molecule has 9 heteroatoms. The maximum absolute atomic E-state index is 13.8. The van der Waals surface area contributed by atoms with Crippen LogP contribution in [0.2, 0.25) is 0 Å². The maximum atomic E-state index is 13.8. The van der Waals surface area contributed by atoms with E-state index >= 15 is 0 Å². The van der Waals surface area contributed by atoms with E-state index in [0.29, 0.717) is 17.6 Å². The Kier molecular flexibility index (Phi) is 10.0. The van der Waals surface area contributed by atoms with Crippen LogP contribution < -0.4 is 15.5 Å². The summed E-state index contributed by atoms with van der Waals surface area (Å²) in [7, 11) is 0.974. The Bertz CT molecular complexity index is 1380. The number of anilines is 1. The highest BCUT2D eigenvalue weighted by atomic mass is 32.2. The molecule has 2 aromatic rings. The van der Waals surface area contributed by atoms with Gasteiger partial charge in [0.15, 0.2) is 9.84 Å². The van der Waals surface area contributed by atoms with Gasteiger partial charge < -0.3 is 20.4 Å². The van der Waals surface area contributed by atoms with Crippen LogP contribution in [0.4, 0.5) is 5.69 Å². The van der Waals surface area contributed by atoms with E-state index in [0.717, 1.165) is 61.0 Å². The van der Waals surface area contributed by atoms with Crippen LogP contribution >= 0.6 is 0 Å². The summed E-state index contributed by atoms with van der Waals surface area (Å²) in [5.74, 6) is -0.299. The number of nitrogens with one attached hydrogen (secondary N) is 2. The minimum atomic E-state index is -3.32. The lowest BCUT2D eigenvalue weighted by Gasteiger charge is -2.40. The normalized spacial score (nSPS) is 24.8. The monoisotopic (exact) mass is 596 g/mol. The molecule has 1 aliphatic heterocycles. The molecule has 230 valence electrons. The molecule has 2 aromatic carbocycles. The van der Waals surface area contributed by atoms with E-state index in [4.69, 9.17) is 0 Å². The van der Waals surface area contributed by atoms with Gasteiger partial charge >= 0.3 is 0 Å². The summed E-state index contributed by atoms with van der Waals surface area (Å²) in [6.45, 7) is 9.34. The number of rotatable bonds is 9. The zero-order valence-electron chi connectivity index (χ0n) is 26.2. The predicted octanol–water partition coefficient (Wildman–Crippen LogP) is 4.66. The molecule has 3 unspecified atom stereocenters. The number of amides is 2. The van der Waals surface area contributed by atoms with Crippen molar-refractivity contribution in [3.05, 3.63) is 47.5 Å². The number of nitrogens with zero attached hydrogens (tertiary/aromatic N) is 2. The minimum Gasteiger partial charge on any atom is -0.369 e. The average Bonchev–Trinajstić information content (AvgIpc) is 2.93. The number of sulfone groups is 1. The average molecular weight is 597 g/mol. The highest BCUT2D eigenvalue weighted by molar-refractivity contribution is 7.90. The Balaban J connectivity index is 1.69. The van der Waals surface area contributed by atoms with Crippen molar-refractivity contribution in [3.63, 3.8) is 0 Å². The van der Waals surface area contributed by atoms with Gasteiger partial charge in [-0.25, -0.2) is 8.42 Å². The van der Waals surface area contributed by atoms with E-state index < -0.39 is 9.84 Å². The van der Waals surface area contributed by atoms with Crippen molar-refractivity contribution in [3.8, 4) is 11.1 Å². The number of benzene rings is 2. The SMILES string of the molecule is CCN(c1cc(-c2ccc(S(C)(=O)=O)cc2)cc(C(=O)NCC2C(=O)NC(C)CC2C)c1C)C1CCC(N(C)C)CC1. The lowest BCUT2D eigenvalue weighted by atomic mass is 9.84. The van der Waals surface area contributed by atoms with Crippen molar-refractivity contribution in [1.82, 2.24) is 15.5 Å².